The first-order valence-corrected chi connectivity index (χ1v) is 6.87. The zero-order valence-corrected chi connectivity index (χ0v) is 11.6. The number of rotatable bonds is 1. The van der Waals surface area contributed by atoms with Crippen LogP contribution in [0, 0.1) is 0 Å². The van der Waals surface area contributed by atoms with Gasteiger partial charge in [-0.25, -0.2) is 0 Å². The summed E-state index contributed by atoms with van der Waals surface area (Å²) in [6.45, 7) is 0. The normalized spacial score (nSPS) is 11.3. The van der Waals surface area contributed by atoms with E-state index in [1.807, 2.05) is 24.3 Å². The third kappa shape index (κ3) is 1.92. The van der Waals surface area contributed by atoms with Gasteiger partial charge in [-0.3, -0.25) is 4.79 Å². The fraction of sp³-hybridized carbons (Fsp3) is 0. The van der Waals surface area contributed by atoms with Crippen molar-refractivity contribution in [2.45, 2.75) is 0 Å². The summed E-state index contributed by atoms with van der Waals surface area (Å²) in [7, 11) is 0. The number of halogens is 1. The fourth-order valence-corrected chi connectivity index (χ4v) is 2.59. The number of aromatic amines is 1. The number of hydrogen-bond donors (Lipinski definition) is 1. The van der Waals surface area contributed by atoms with E-state index in [1.54, 1.807) is 30.3 Å². The van der Waals surface area contributed by atoms with Crippen LogP contribution in [0.25, 0.3) is 27.6 Å². The second-order valence-electron chi connectivity index (χ2n) is 4.80. The van der Waals surface area contributed by atoms with Crippen LogP contribution in [0.4, 0.5) is 0 Å². The van der Waals surface area contributed by atoms with Crippen LogP contribution >= 0.6 is 11.6 Å². The van der Waals surface area contributed by atoms with Crippen molar-refractivity contribution in [2.24, 2.45) is 0 Å². The highest BCUT2D eigenvalue weighted by atomic mass is 35.5. The van der Waals surface area contributed by atoms with E-state index in [2.05, 4.69) is 10.1 Å². The Morgan fingerprint density at radius 2 is 1.76 bits per heavy atom. The van der Waals surface area contributed by atoms with Gasteiger partial charge in [0.2, 0.25) is 0 Å². The number of fused-ring (bicyclic) bond motifs is 3. The molecule has 102 valence electrons. The molecular formula is C16H10ClN3O. The molecule has 0 spiro atoms. The predicted molar refractivity (Wildman–Crippen MR) is 84.2 cm³/mol. The zero-order chi connectivity index (χ0) is 14.4. The Balaban J connectivity index is 2.05. The molecule has 5 heteroatoms. The van der Waals surface area contributed by atoms with Gasteiger partial charge in [-0.2, -0.15) is 9.78 Å². The lowest BCUT2D eigenvalue weighted by Crippen LogP contribution is -2.19. The number of nitrogens with zero attached hydrogens (tertiary/aromatic N) is 2. The molecule has 0 atom stereocenters. The summed E-state index contributed by atoms with van der Waals surface area (Å²) in [6.07, 6.45) is 0. The van der Waals surface area contributed by atoms with Crippen LogP contribution in [0.3, 0.4) is 0 Å². The summed E-state index contributed by atoms with van der Waals surface area (Å²) < 4.78 is 1.39. The third-order valence-corrected chi connectivity index (χ3v) is 3.71. The molecule has 1 N–H and O–H groups in total. The summed E-state index contributed by atoms with van der Waals surface area (Å²) in [5.41, 5.74) is 2.99. The van der Waals surface area contributed by atoms with E-state index in [0.717, 1.165) is 21.9 Å². The second kappa shape index (κ2) is 4.46. The highest BCUT2D eigenvalue weighted by Crippen LogP contribution is 2.22. The minimum atomic E-state index is -0.184. The van der Waals surface area contributed by atoms with Crippen LogP contribution in [-0.2, 0) is 0 Å². The first-order chi connectivity index (χ1) is 10.2. The Kier molecular flexibility index (Phi) is 2.59. The molecule has 2 aromatic heterocycles. The summed E-state index contributed by atoms with van der Waals surface area (Å²) in [4.78, 5) is 15.5. The average Bonchev–Trinajstić information content (AvgIpc) is 2.84. The summed E-state index contributed by atoms with van der Waals surface area (Å²) in [5, 5.41) is 6.11. The van der Waals surface area contributed by atoms with Gasteiger partial charge in [0.1, 0.15) is 5.52 Å². The lowest BCUT2D eigenvalue weighted by molar-refractivity contribution is 0.833. The van der Waals surface area contributed by atoms with Crippen LogP contribution in [0.15, 0.2) is 59.4 Å². The van der Waals surface area contributed by atoms with Crippen molar-refractivity contribution in [3.05, 3.63) is 70.0 Å². The maximum Gasteiger partial charge on any atom is 0.273 e. The van der Waals surface area contributed by atoms with Crippen LogP contribution in [0.5, 0.6) is 0 Å². The minimum Gasteiger partial charge on any atom is -0.353 e. The van der Waals surface area contributed by atoms with E-state index < -0.39 is 0 Å². The molecule has 0 bridgehead atoms. The second-order valence-corrected chi connectivity index (χ2v) is 5.24. The molecule has 0 saturated heterocycles. The Morgan fingerprint density at radius 1 is 1.00 bits per heavy atom. The first kappa shape index (κ1) is 12.2. The molecule has 0 unspecified atom stereocenters. The molecule has 21 heavy (non-hydrogen) atoms. The number of para-hydroxylation sites is 1. The standard InChI is InChI=1S/C16H10ClN3O/c17-10-5-7-11(8-6-10)20-15(21)9-14-16(19-20)12-3-1-2-4-13(12)18-14/h1-9,18H. The van der Waals surface area contributed by atoms with Crippen molar-refractivity contribution in [2.75, 3.05) is 0 Å². The lowest BCUT2D eigenvalue weighted by Gasteiger charge is -2.04. The highest BCUT2D eigenvalue weighted by molar-refractivity contribution is 6.30. The van der Waals surface area contributed by atoms with Gasteiger partial charge in [0.15, 0.2) is 0 Å². The summed E-state index contributed by atoms with van der Waals surface area (Å²) >= 11 is 5.88. The molecular weight excluding hydrogens is 286 g/mol. The minimum absolute atomic E-state index is 0.184. The van der Waals surface area contributed by atoms with Crippen molar-refractivity contribution < 1.29 is 0 Å². The van der Waals surface area contributed by atoms with Gasteiger partial charge in [-0.05, 0) is 30.3 Å². The number of benzene rings is 2. The molecule has 0 radical (unpaired) electrons. The zero-order valence-electron chi connectivity index (χ0n) is 10.9. The summed E-state index contributed by atoms with van der Waals surface area (Å²) in [5.74, 6) is 0. The molecule has 0 fully saturated rings. The number of nitrogens with one attached hydrogen (secondary N) is 1. The molecule has 4 rings (SSSR count). The quantitative estimate of drug-likeness (QED) is 0.584. The SMILES string of the molecule is O=c1cc2[nH]c3ccccc3c2nn1-c1ccc(Cl)cc1. The van der Waals surface area contributed by atoms with Gasteiger partial charge in [0.05, 0.1) is 11.2 Å². The van der Waals surface area contributed by atoms with Gasteiger partial charge in [-0.15, -0.1) is 0 Å². The molecule has 0 aliphatic rings. The Hall–Kier alpha value is -2.59. The Labute approximate surface area is 124 Å². The maximum atomic E-state index is 12.2. The molecule has 0 aliphatic carbocycles. The van der Waals surface area contributed by atoms with E-state index in [-0.39, 0.29) is 5.56 Å². The van der Waals surface area contributed by atoms with E-state index in [1.165, 1.54) is 4.68 Å². The van der Waals surface area contributed by atoms with E-state index in [4.69, 9.17) is 11.6 Å². The van der Waals surface area contributed by atoms with Crippen LogP contribution < -0.4 is 5.56 Å². The van der Waals surface area contributed by atoms with Gasteiger partial charge < -0.3 is 4.98 Å². The maximum absolute atomic E-state index is 12.2. The van der Waals surface area contributed by atoms with Gasteiger partial charge >= 0.3 is 0 Å². The average molecular weight is 296 g/mol. The molecule has 0 aliphatic heterocycles. The Bertz CT molecular complexity index is 1020. The molecule has 4 nitrogen and oxygen atoms in total. The Morgan fingerprint density at radius 3 is 2.57 bits per heavy atom. The first-order valence-electron chi connectivity index (χ1n) is 6.49. The molecule has 4 aromatic rings. The van der Waals surface area contributed by atoms with Crippen molar-refractivity contribution in [3.63, 3.8) is 0 Å². The number of aromatic nitrogens is 3. The van der Waals surface area contributed by atoms with Crippen LogP contribution in [0.2, 0.25) is 5.02 Å². The fourth-order valence-electron chi connectivity index (χ4n) is 2.46. The molecule has 2 aromatic carbocycles. The number of hydrogen-bond acceptors (Lipinski definition) is 2. The predicted octanol–water partition coefficient (Wildman–Crippen LogP) is 3.52. The molecule has 2 heterocycles. The topological polar surface area (TPSA) is 50.7 Å². The smallest absolute Gasteiger partial charge is 0.273 e. The van der Waals surface area contributed by atoms with Crippen molar-refractivity contribution in [1.82, 2.24) is 14.8 Å². The van der Waals surface area contributed by atoms with Gasteiger partial charge in [0, 0.05) is 22.0 Å². The van der Waals surface area contributed by atoms with Crippen LogP contribution in [-0.4, -0.2) is 14.8 Å². The van der Waals surface area contributed by atoms with Crippen molar-refractivity contribution in [3.8, 4) is 5.69 Å². The van der Waals surface area contributed by atoms with E-state index in [9.17, 15) is 4.79 Å². The van der Waals surface area contributed by atoms with Crippen LogP contribution in [0.1, 0.15) is 0 Å². The van der Waals surface area contributed by atoms with Gasteiger partial charge in [-0.1, -0.05) is 29.8 Å². The van der Waals surface area contributed by atoms with E-state index >= 15 is 0 Å². The monoisotopic (exact) mass is 295 g/mol. The lowest BCUT2D eigenvalue weighted by atomic mass is 10.2. The van der Waals surface area contributed by atoms with E-state index in [0.29, 0.717) is 10.7 Å². The molecule has 0 saturated carbocycles. The third-order valence-electron chi connectivity index (χ3n) is 3.45. The van der Waals surface area contributed by atoms with Crippen molar-refractivity contribution in [1.29, 1.82) is 0 Å². The largest absolute Gasteiger partial charge is 0.353 e. The van der Waals surface area contributed by atoms with Crippen molar-refractivity contribution >= 4 is 33.5 Å². The van der Waals surface area contributed by atoms with Gasteiger partial charge in [0.25, 0.3) is 5.56 Å². The molecule has 0 amide bonds. The number of H-pyrrole nitrogens is 1. The summed E-state index contributed by atoms with van der Waals surface area (Å²) in [6, 6.07) is 16.4. The highest BCUT2D eigenvalue weighted by Gasteiger charge is 2.09.